The second kappa shape index (κ2) is 7.39. The zero-order chi connectivity index (χ0) is 15.2. The predicted molar refractivity (Wildman–Crippen MR) is 91.5 cm³/mol. The first-order valence-corrected chi connectivity index (χ1v) is 8.24. The molecule has 2 aromatic carbocycles. The van der Waals surface area contributed by atoms with Crippen LogP contribution in [0.25, 0.3) is 0 Å². The summed E-state index contributed by atoms with van der Waals surface area (Å²) in [5, 5.41) is 12.7. The van der Waals surface area contributed by atoms with E-state index in [1.807, 2.05) is 36.4 Å². The molecule has 0 saturated heterocycles. The van der Waals surface area contributed by atoms with Gasteiger partial charge in [0.25, 0.3) is 0 Å². The molecule has 2 aromatic rings. The van der Waals surface area contributed by atoms with Gasteiger partial charge in [-0.25, -0.2) is 0 Å². The lowest BCUT2D eigenvalue weighted by Gasteiger charge is -2.12. The summed E-state index contributed by atoms with van der Waals surface area (Å²) in [6.07, 6.45) is 0. The highest BCUT2D eigenvalue weighted by atomic mass is 79.9. The van der Waals surface area contributed by atoms with Crippen LogP contribution in [-0.2, 0) is 0 Å². The number of benzene rings is 2. The van der Waals surface area contributed by atoms with E-state index in [0.29, 0.717) is 5.56 Å². The monoisotopic (exact) mass is 362 g/mol. The van der Waals surface area contributed by atoms with Gasteiger partial charge < -0.3 is 10.1 Å². The van der Waals surface area contributed by atoms with Gasteiger partial charge in [-0.15, -0.1) is 11.8 Å². The lowest BCUT2D eigenvalue weighted by Crippen LogP contribution is -1.96. The molecule has 0 heterocycles. The van der Waals surface area contributed by atoms with Gasteiger partial charge in [0.15, 0.2) is 0 Å². The van der Waals surface area contributed by atoms with Crippen LogP contribution in [-0.4, -0.2) is 12.9 Å². The molecule has 21 heavy (non-hydrogen) atoms. The summed E-state index contributed by atoms with van der Waals surface area (Å²) in [6, 6.07) is 13.9. The fraction of sp³-hybridized carbons (Fsp3) is 0.188. The maximum absolute atomic E-state index is 9.41. The molecule has 0 amide bonds. The first-order chi connectivity index (χ1) is 10.2. The molecule has 0 bridgehead atoms. The van der Waals surface area contributed by atoms with Crippen molar-refractivity contribution in [2.75, 3.05) is 18.2 Å². The minimum Gasteiger partial charge on any atom is -0.495 e. The zero-order valence-electron chi connectivity index (χ0n) is 11.8. The smallest absolute Gasteiger partial charge is 0.135 e. The molecule has 0 aliphatic carbocycles. The highest BCUT2D eigenvalue weighted by Crippen LogP contribution is 2.32. The SMILES string of the molecule is CCSc1cccc(Nc2ccc(Br)c(OC)c2)c1C#N. The van der Waals surface area contributed by atoms with E-state index in [0.717, 1.165) is 32.2 Å². The van der Waals surface area contributed by atoms with E-state index < -0.39 is 0 Å². The molecule has 5 heteroatoms. The highest BCUT2D eigenvalue weighted by Gasteiger charge is 2.09. The van der Waals surface area contributed by atoms with E-state index in [1.165, 1.54) is 0 Å². The second-order valence-corrected chi connectivity index (χ2v) is 6.36. The van der Waals surface area contributed by atoms with Gasteiger partial charge in [-0.1, -0.05) is 13.0 Å². The number of nitrogens with zero attached hydrogens (tertiary/aromatic N) is 1. The van der Waals surface area contributed by atoms with Crippen LogP contribution in [0.5, 0.6) is 5.75 Å². The number of nitriles is 1. The summed E-state index contributed by atoms with van der Waals surface area (Å²) in [5.41, 5.74) is 2.36. The van der Waals surface area contributed by atoms with Crippen LogP contribution >= 0.6 is 27.7 Å². The van der Waals surface area contributed by atoms with Crippen LogP contribution in [0, 0.1) is 11.3 Å². The number of nitrogens with one attached hydrogen (secondary N) is 1. The molecule has 0 aliphatic rings. The number of anilines is 2. The summed E-state index contributed by atoms with van der Waals surface area (Å²) in [7, 11) is 1.63. The maximum Gasteiger partial charge on any atom is 0.135 e. The van der Waals surface area contributed by atoms with E-state index in [2.05, 4.69) is 34.2 Å². The first kappa shape index (κ1) is 15.7. The molecule has 0 atom stereocenters. The molecular formula is C16H15BrN2OS. The van der Waals surface area contributed by atoms with Gasteiger partial charge >= 0.3 is 0 Å². The lowest BCUT2D eigenvalue weighted by atomic mass is 10.2. The third-order valence-electron chi connectivity index (χ3n) is 2.87. The Morgan fingerprint density at radius 2 is 2.14 bits per heavy atom. The van der Waals surface area contributed by atoms with Gasteiger partial charge in [0.1, 0.15) is 11.8 Å². The first-order valence-electron chi connectivity index (χ1n) is 6.46. The normalized spacial score (nSPS) is 10.0. The molecule has 1 N–H and O–H groups in total. The molecule has 0 aliphatic heterocycles. The molecule has 2 rings (SSSR count). The Morgan fingerprint density at radius 3 is 2.81 bits per heavy atom. The summed E-state index contributed by atoms with van der Waals surface area (Å²) >= 11 is 5.09. The fourth-order valence-corrected chi connectivity index (χ4v) is 3.11. The molecular weight excluding hydrogens is 348 g/mol. The Kier molecular flexibility index (Phi) is 5.54. The molecule has 0 radical (unpaired) electrons. The van der Waals surface area contributed by atoms with E-state index in [1.54, 1.807) is 18.9 Å². The summed E-state index contributed by atoms with van der Waals surface area (Å²) in [5.74, 6) is 1.68. The van der Waals surface area contributed by atoms with Crippen molar-refractivity contribution in [3.8, 4) is 11.8 Å². The van der Waals surface area contributed by atoms with E-state index in [4.69, 9.17) is 4.74 Å². The Morgan fingerprint density at radius 1 is 1.33 bits per heavy atom. The van der Waals surface area contributed by atoms with Crippen LogP contribution < -0.4 is 10.1 Å². The molecule has 3 nitrogen and oxygen atoms in total. The predicted octanol–water partition coefficient (Wildman–Crippen LogP) is 5.18. The topological polar surface area (TPSA) is 45.0 Å². The average Bonchev–Trinajstić information content (AvgIpc) is 2.50. The summed E-state index contributed by atoms with van der Waals surface area (Å²) < 4.78 is 6.18. The van der Waals surface area contributed by atoms with E-state index in [9.17, 15) is 5.26 Å². The van der Waals surface area contributed by atoms with Gasteiger partial charge in [0.05, 0.1) is 22.8 Å². The quantitative estimate of drug-likeness (QED) is 0.743. The van der Waals surface area contributed by atoms with Crippen LogP contribution in [0.1, 0.15) is 12.5 Å². The number of halogens is 1. The van der Waals surface area contributed by atoms with Crippen molar-refractivity contribution in [1.29, 1.82) is 5.26 Å². The van der Waals surface area contributed by atoms with Gasteiger partial charge in [-0.05, 0) is 45.9 Å². The van der Waals surface area contributed by atoms with Gasteiger partial charge in [0.2, 0.25) is 0 Å². The van der Waals surface area contributed by atoms with Crippen LogP contribution in [0.2, 0.25) is 0 Å². The molecule has 0 aromatic heterocycles. The largest absolute Gasteiger partial charge is 0.495 e. The van der Waals surface area contributed by atoms with Crippen molar-refractivity contribution >= 4 is 39.1 Å². The molecule has 0 saturated carbocycles. The van der Waals surface area contributed by atoms with Gasteiger partial charge in [0, 0.05) is 16.6 Å². The van der Waals surface area contributed by atoms with Gasteiger partial charge in [-0.2, -0.15) is 5.26 Å². The standard InChI is InChI=1S/C16H15BrN2OS/c1-3-21-16-6-4-5-14(12(16)10-18)19-11-7-8-13(17)15(9-11)20-2/h4-9,19H,3H2,1-2H3. The van der Waals surface area contributed by atoms with Crippen molar-refractivity contribution < 1.29 is 4.74 Å². The number of hydrogen-bond donors (Lipinski definition) is 1. The average molecular weight is 363 g/mol. The van der Waals surface area contributed by atoms with Crippen molar-refractivity contribution in [2.24, 2.45) is 0 Å². The fourth-order valence-electron chi connectivity index (χ4n) is 1.92. The van der Waals surface area contributed by atoms with Crippen molar-refractivity contribution in [3.63, 3.8) is 0 Å². The third kappa shape index (κ3) is 3.72. The minimum absolute atomic E-state index is 0.672. The Balaban J connectivity index is 2.35. The van der Waals surface area contributed by atoms with Crippen molar-refractivity contribution in [2.45, 2.75) is 11.8 Å². The highest BCUT2D eigenvalue weighted by molar-refractivity contribution is 9.10. The zero-order valence-corrected chi connectivity index (χ0v) is 14.2. The minimum atomic E-state index is 0.672. The molecule has 108 valence electrons. The number of hydrogen-bond acceptors (Lipinski definition) is 4. The summed E-state index contributed by atoms with van der Waals surface area (Å²) in [4.78, 5) is 0.995. The van der Waals surface area contributed by atoms with Crippen molar-refractivity contribution in [3.05, 3.63) is 46.4 Å². The lowest BCUT2D eigenvalue weighted by molar-refractivity contribution is 0.412. The Hall–Kier alpha value is -1.64. The molecule has 0 unspecified atom stereocenters. The van der Waals surface area contributed by atoms with Crippen LogP contribution in [0.4, 0.5) is 11.4 Å². The maximum atomic E-state index is 9.41. The van der Waals surface area contributed by atoms with Crippen molar-refractivity contribution in [1.82, 2.24) is 0 Å². The Labute approximate surface area is 137 Å². The van der Waals surface area contributed by atoms with Gasteiger partial charge in [-0.3, -0.25) is 0 Å². The number of ether oxygens (including phenoxy) is 1. The van der Waals surface area contributed by atoms with E-state index >= 15 is 0 Å². The molecule has 0 fully saturated rings. The molecule has 0 spiro atoms. The van der Waals surface area contributed by atoms with Crippen LogP contribution in [0.3, 0.4) is 0 Å². The number of methoxy groups -OCH3 is 1. The summed E-state index contributed by atoms with van der Waals surface area (Å²) in [6.45, 7) is 2.07. The number of rotatable bonds is 5. The Bertz CT molecular complexity index is 682. The van der Waals surface area contributed by atoms with E-state index in [-0.39, 0.29) is 0 Å². The third-order valence-corrected chi connectivity index (χ3v) is 4.46. The number of thioether (sulfide) groups is 1. The van der Waals surface area contributed by atoms with Crippen LogP contribution in [0.15, 0.2) is 45.8 Å². The second-order valence-electron chi connectivity index (χ2n) is 4.20.